The number of carbonyl (C=O) groups is 2. The third kappa shape index (κ3) is 4.77. The minimum atomic E-state index is -0.456. The number of ketones is 1. The van der Waals surface area contributed by atoms with Gasteiger partial charge in [-0.15, -0.1) is 0 Å². The number of allylic oxidation sites excluding steroid dienone is 1. The molecule has 4 aliphatic rings. The first-order valence-corrected chi connectivity index (χ1v) is 12.6. The van der Waals surface area contributed by atoms with Crippen molar-refractivity contribution in [1.29, 1.82) is 0 Å². The number of Topliss-reactive ketones (excluding diaryl/α,β-unsaturated/α-hetero) is 1. The highest BCUT2D eigenvalue weighted by atomic mass is 16.6. The van der Waals surface area contributed by atoms with Crippen LogP contribution in [-0.2, 0) is 19.0 Å². The van der Waals surface area contributed by atoms with Gasteiger partial charge in [0.05, 0.1) is 30.0 Å². The summed E-state index contributed by atoms with van der Waals surface area (Å²) in [7, 11) is 0. The van der Waals surface area contributed by atoms with E-state index in [1.165, 1.54) is 12.0 Å². The van der Waals surface area contributed by atoms with Gasteiger partial charge in [0.2, 0.25) is 0 Å². The van der Waals surface area contributed by atoms with Crippen molar-refractivity contribution in [3.63, 3.8) is 0 Å². The zero-order valence-electron chi connectivity index (χ0n) is 20.4. The average Bonchev–Trinajstić information content (AvgIpc) is 3.65. The number of hydrogen-bond donors (Lipinski definition) is 1. The standard InChI is InChI=1S/C26H41NO5/c1-16(2)11-12-21-25(5,32-21)23-17(3)20(13-14-26(23)15-30-26)31-24(29)27-22(18(4)28)19-9-7-6-8-10-19/h11,17,19-23H,6-10,12-15H2,1-5H3,(H,27,29)/t17-,20-,21-,22+,23-,25+,26+/m1/s1. The maximum atomic E-state index is 12.8. The second-order valence-corrected chi connectivity index (χ2v) is 11.1. The second kappa shape index (κ2) is 9.09. The Labute approximate surface area is 192 Å². The topological polar surface area (TPSA) is 80.5 Å². The number of hydrogen-bond acceptors (Lipinski definition) is 5. The molecule has 6 heteroatoms. The van der Waals surface area contributed by atoms with Gasteiger partial charge in [-0.2, -0.15) is 0 Å². The summed E-state index contributed by atoms with van der Waals surface area (Å²) in [5, 5.41) is 2.92. The number of amides is 1. The molecule has 6 nitrogen and oxygen atoms in total. The van der Waals surface area contributed by atoms with Gasteiger partial charge in [-0.05, 0) is 65.7 Å². The molecule has 2 heterocycles. The van der Waals surface area contributed by atoms with E-state index in [1.54, 1.807) is 6.92 Å². The number of ether oxygens (including phenoxy) is 3. The summed E-state index contributed by atoms with van der Waals surface area (Å²) in [6.45, 7) is 10.9. The minimum absolute atomic E-state index is 0.0229. The molecule has 1 spiro atoms. The van der Waals surface area contributed by atoms with Gasteiger partial charge in [-0.25, -0.2) is 4.79 Å². The Kier molecular flexibility index (Phi) is 6.75. The summed E-state index contributed by atoms with van der Waals surface area (Å²) >= 11 is 0. The Morgan fingerprint density at radius 1 is 1.16 bits per heavy atom. The van der Waals surface area contributed by atoms with E-state index in [4.69, 9.17) is 14.2 Å². The molecule has 2 saturated carbocycles. The van der Waals surface area contributed by atoms with E-state index in [2.05, 4.69) is 39.1 Å². The molecule has 0 aromatic rings. The predicted molar refractivity (Wildman–Crippen MR) is 122 cm³/mol. The third-order valence-corrected chi connectivity index (χ3v) is 8.47. The summed E-state index contributed by atoms with van der Waals surface area (Å²) < 4.78 is 18.2. The Bertz CT molecular complexity index is 749. The van der Waals surface area contributed by atoms with Gasteiger partial charge in [-0.3, -0.25) is 4.79 Å². The summed E-state index contributed by atoms with van der Waals surface area (Å²) in [6, 6.07) is -0.437. The Hall–Kier alpha value is -1.40. The molecule has 1 N–H and O–H groups in total. The molecule has 7 atom stereocenters. The lowest BCUT2D eigenvalue weighted by Gasteiger charge is -2.42. The molecule has 0 radical (unpaired) electrons. The number of rotatable bonds is 7. The van der Waals surface area contributed by atoms with Crippen LogP contribution in [0.15, 0.2) is 11.6 Å². The monoisotopic (exact) mass is 447 g/mol. The van der Waals surface area contributed by atoms with Gasteiger partial charge in [0.25, 0.3) is 0 Å². The van der Waals surface area contributed by atoms with Crippen LogP contribution in [0.1, 0.15) is 86.0 Å². The molecule has 32 heavy (non-hydrogen) atoms. The van der Waals surface area contributed by atoms with Gasteiger partial charge < -0.3 is 19.5 Å². The molecule has 0 aromatic carbocycles. The molecular formula is C26H41NO5. The minimum Gasteiger partial charge on any atom is -0.446 e. The van der Waals surface area contributed by atoms with E-state index in [0.29, 0.717) is 0 Å². The molecule has 0 aromatic heterocycles. The Balaban J connectivity index is 1.39. The van der Waals surface area contributed by atoms with Crippen molar-refractivity contribution in [2.24, 2.45) is 17.8 Å². The first-order chi connectivity index (χ1) is 15.2. The highest BCUT2D eigenvalue weighted by molar-refractivity contribution is 5.85. The Morgan fingerprint density at radius 2 is 1.84 bits per heavy atom. The molecule has 0 bridgehead atoms. The van der Waals surface area contributed by atoms with Crippen LogP contribution >= 0.6 is 0 Å². The SMILES string of the molecule is CC(=O)[C@H](NC(=O)O[C@@H]1CC[C@]2(CO2)[C@@H]([C@@]2(C)O[C@@H]2CC=C(C)C)[C@@H]1C)C1CCCCC1. The van der Waals surface area contributed by atoms with Crippen LogP contribution < -0.4 is 5.32 Å². The number of epoxide rings is 2. The van der Waals surface area contributed by atoms with Crippen molar-refractivity contribution in [2.45, 2.75) is 115 Å². The fourth-order valence-corrected chi connectivity index (χ4v) is 6.61. The summed E-state index contributed by atoms with van der Waals surface area (Å²) in [5.41, 5.74) is 0.923. The highest BCUT2D eigenvalue weighted by Gasteiger charge is 2.70. The van der Waals surface area contributed by atoms with E-state index in [9.17, 15) is 9.59 Å². The first-order valence-electron chi connectivity index (χ1n) is 12.6. The molecule has 4 fully saturated rings. The zero-order valence-corrected chi connectivity index (χ0v) is 20.4. The maximum Gasteiger partial charge on any atom is 0.408 e. The normalized spacial score (nSPS) is 39.8. The average molecular weight is 448 g/mol. The largest absolute Gasteiger partial charge is 0.446 e. The lowest BCUT2D eigenvalue weighted by atomic mass is 9.64. The van der Waals surface area contributed by atoms with Gasteiger partial charge in [0.15, 0.2) is 5.78 Å². The van der Waals surface area contributed by atoms with E-state index in [0.717, 1.165) is 51.6 Å². The van der Waals surface area contributed by atoms with Crippen LogP contribution in [0.2, 0.25) is 0 Å². The number of nitrogens with one attached hydrogen (secondary N) is 1. The molecule has 180 valence electrons. The Morgan fingerprint density at radius 3 is 2.44 bits per heavy atom. The molecule has 2 saturated heterocycles. The highest BCUT2D eigenvalue weighted by Crippen LogP contribution is 2.60. The van der Waals surface area contributed by atoms with Gasteiger partial charge in [-0.1, -0.05) is 37.8 Å². The van der Waals surface area contributed by atoms with E-state index in [1.807, 2.05) is 0 Å². The number of carbonyl (C=O) groups excluding carboxylic acids is 2. The van der Waals surface area contributed by atoms with Crippen molar-refractivity contribution in [1.82, 2.24) is 5.32 Å². The lowest BCUT2D eigenvalue weighted by molar-refractivity contribution is -0.120. The second-order valence-electron chi connectivity index (χ2n) is 11.1. The van der Waals surface area contributed by atoms with Crippen LogP contribution in [-0.4, -0.2) is 47.9 Å². The molecule has 1 amide bonds. The van der Waals surface area contributed by atoms with Gasteiger partial charge >= 0.3 is 6.09 Å². The van der Waals surface area contributed by atoms with Gasteiger partial charge in [0, 0.05) is 11.8 Å². The fraction of sp³-hybridized carbons (Fsp3) is 0.846. The molecule has 4 rings (SSSR count). The first kappa shape index (κ1) is 23.7. The van der Waals surface area contributed by atoms with E-state index in [-0.39, 0.29) is 46.9 Å². The maximum absolute atomic E-state index is 12.8. The predicted octanol–water partition coefficient (Wildman–Crippen LogP) is 4.95. The molecule has 2 aliphatic heterocycles. The van der Waals surface area contributed by atoms with Crippen LogP contribution in [0.4, 0.5) is 4.79 Å². The van der Waals surface area contributed by atoms with Crippen LogP contribution in [0.5, 0.6) is 0 Å². The molecular weight excluding hydrogens is 406 g/mol. The van der Waals surface area contributed by atoms with E-state index < -0.39 is 12.1 Å². The van der Waals surface area contributed by atoms with Crippen molar-refractivity contribution >= 4 is 11.9 Å². The molecule has 2 aliphatic carbocycles. The van der Waals surface area contributed by atoms with Crippen LogP contribution in [0.3, 0.4) is 0 Å². The molecule has 0 unspecified atom stereocenters. The smallest absolute Gasteiger partial charge is 0.408 e. The quantitative estimate of drug-likeness (QED) is 0.441. The van der Waals surface area contributed by atoms with E-state index >= 15 is 0 Å². The summed E-state index contributed by atoms with van der Waals surface area (Å²) in [6.07, 6.45) is 9.80. The van der Waals surface area contributed by atoms with Crippen molar-refractivity contribution in [2.75, 3.05) is 6.61 Å². The number of alkyl carbamates (subject to hydrolysis) is 1. The third-order valence-electron chi connectivity index (χ3n) is 8.47. The lowest BCUT2D eigenvalue weighted by Crippen LogP contribution is -2.52. The van der Waals surface area contributed by atoms with Crippen LogP contribution in [0.25, 0.3) is 0 Å². The van der Waals surface area contributed by atoms with Crippen molar-refractivity contribution in [3.8, 4) is 0 Å². The van der Waals surface area contributed by atoms with Crippen LogP contribution in [0, 0.1) is 17.8 Å². The van der Waals surface area contributed by atoms with Crippen molar-refractivity contribution < 1.29 is 23.8 Å². The zero-order chi connectivity index (χ0) is 23.1. The van der Waals surface area contributed by atoms with Crippen molar-refractivity contribution in [3.05, 3.63) is 11.6 Å². The fourth-order valence-electron chi connectivity index (χ4n) is 6.61. The summed E-state index contributed by atoms with van der Waals surface area (Å²) in [4.78, 5) is 25.1. The summed E-state index contributed by atoms with van der Waals surface area (Å²) in [5.74, 6) is 0.570. The van der Waals surface area contributed by atoms with Gasteiger partial charge in [0.1, 0.15) is 6.10 Å².